The Balaban J connectivity index is 2.31. The summed E-state index contributed by atoms with van der Waals surface area (Å²) in [5.41, 5.74) is 3.36. The third-order valence-electron chi connectivity index (χ3n) is 3.46. The molecule has 0 aliphatic heterocycles. The molecule has 4 heteroatoms. The fourth-order valence-corrected chi connectivity index (χ4v) is 2.86. The Morgan fingerprint density at radius 3 is 2.68 bits per heavy atom. The van der Waals surface area contributed by atoms with Gasteiger partial charge in [-0.05, 0) is 42.5 Å². The van der Waals surface area contributed by atoms with E-state index in [1.807, 2.05) is 0 Å². The van der Waals surface area contributed by atoms with E-state index in [2.05, 4.69) is 11.1 Å². The molecule has 0 spiro atoms. The third-order valence-corrected chi connectivity index (χ3v) is 3.74. The van der Waals surface area contributed by atoms with E-state index in [0.29, 0.717) is 16.8 Å². The van der Waals surface area contributed by atoms with Gasteiger partial charge in [-0.2, -0.15) is 5.26 Å². The maximum Gasteiger partial charge on any atom is 0.147 e. The SMILES string of the molecule is N#Cc1c(Cl)nc(-c2ccccc2F)c2c1CCC2. The van der Waals surface area contributed by atoms with E-state index in [1.165, 1.54) is 6.07 Å². The number of pyridine rings is 1. The minimum Gasteiger partial charge on any atom is -0.234 e. The largest absolute Gasteiger partial charge is 0.234 e. The molecule has 94 valence electrons. The average Bonchev–Trinajstić information content (AvgIpc) is 2.88. The van der Waals surface area contributed by atoms with Gasteiger partial charge in [0.2, 0.25) is 0 Å². The van der Waals surface area contributed by atoms with Crippen LogP contribution in [0.1, 0.15) is 23.1 Å². The number of halogens is 2. The molecule has 2 nitrogen and oxygen atoms in total. The summed E-state index contributed by atoms with van der Waals surface area (Å²) < 4.78 is 13.9. The highest BCUT2D eigenvalue weighted by Crippen LogP contribution is 2.36. The lowest BCUT2D eigenvalue weighted by Crippen LogP contribution is -1.99. The number of hydrogen-bond donors (Lipinski definition) is 0. The molecule has 1 aromatic carbocycles. The molecule has 0 radical (unpaired) electrons. The van der Waals surface area contributed by atoms with Crippen molar-refractivity contribution >= 4 is 11.6 Å². The number of nitrogens with zero attached hydrogens (tertiary/aromatic N) is 2. The summed E-state index contributed by atoms with van der Waals surface area (Å²) in [7, 11) is 0. The summed E-state index contributed by atoms with van der Waals surface area (Å²) in [6.45, 7) is 0. The molecule has 0 saturated heterocycles. The van der Waals surface area contributed by atoms with E-state index in [-0.39, 0.29) is 11.0 Å². The van der Waals surface area contributed by atoms with Crippen LogP contribution in [-0.2, 0) is 12.8 Å². The Kier molecular flexibility index (Phi) is 2.96. The smallest absolute Gasteiger partial charge is 0.147 e. The Morgan fingerprint density at radius 2 is 1.95 bits per heavy atom. The lowest BCUT2D eigenvalue weighted by atomic mass is 10.00. The number of nitriles is 1. The van der Waals surface area contributed by atoms with Gasteiger partial charge in [-0.3, -0.25) is 0 Å². The highest BCUT2D eigenvalue weighted by atomic mass is 35.5. The lowest BCUT2D eigenvalue weighted by molar-refractivity contribution is 0.630. The number of hydrogen-bond acceptors (Lipinski definition) is 2. The maximum atomic E-state index is 13.9. The molecule has 0 bridgehead atoms. The van der Waals surface area contributed by atoms with Crippen LogP contribution in [0.3, 0.4) is 0 Å². The molecule has 1 aliphatic carbocycles. The van der Waals surface area contributed by atoms with Gasteiger partial charge in [-0.1, -0.05) is 23.7 Å². The average molecular weight is 273 g/mol. The molecular weight excluding hydrogens is 263 g/mol. The molecule has 1 aliphatic rings. The molecule has 0 amide bonds. The van der Waals surface area contributed by atoms with Crippen molar-refractivity contribution in [2.24, 2.45) is 0 Å². The second-order valence-electron chi connectivity index (χ2n) is 4.53. The summed E-state index contributed by atoms with van der Waals surface area (Å²) in [5.74, 6) is -0.315. The fourth-order valence-electron chi connectivity index (χ4n) is 2.62. The maximum absolute atomic E-state index is 13.9. The number of rotatable bonds is 1. The summed E-state index contributed by atoms with van der Waals surface area (Å²) in [6.07, 6.45) is 2.58. The normalized spacial score (nSPS) is 13.1. The van der Waals surface area contributed by atoms with Gasteiger partial charge in [0.05, 0.1) is 11.3 Å². The van der Waals surface area contributed by atoms with Crippen molar-refractivity contribution in [2.45, 2.75) is 19.3 Å². The zero-order chi connectivity index (χ0) is 13.4. The first-order valence-corrected chi connectivity index (χ1v) is 6.46. The molecule has 19 heavy (non-hydrogen) atoms. The quantitative estimate of drug-likeness (QED) is 0.738. The van der Waals surface area contributed by atoms with Crippen LogP contribution in [0, 0.1) is 17.1 Å². The van der Waals surface area contributed by atoms with E-state index in [1.54, 1.807) is 18.2 Å². The van der Waals surface area contributed by atoms with Gasteiger partial charge >= 0.3 is 0 Å². The Labute approximate surface area is 115 Å². The van der Waals surface area contributed by atoms with Crippen LogP contribution in [0.5, 0.6) is 0 Å². The molecule has 2 aromatic rings. The highest BCUT2D eigenvalue weighted by molar-refractivity contribution is 6.30. The van der Waals surface area contributed by atoms with E-state index >= 15 is 0 Å². The van der Waals surface area contributed by atoms with Crippen LogP contribution < -0.4 is 0 Å². The predicted molar refractivity (Wildman–Crippen MR) is 71.4 cm³/mol. The van der Waals surface area contributed by atoms with Crippen LogP contribution in [0.4, 0.5) is 4.39 Å². The van der Waals surface area contributed by atoms with Gasteiger partial charge in [-0.15, -0.1) is 0 Å². The Bertz CT molecular complexity index is 704. The van der Waals surface area contributed by atoms with E-state index < -0.39 is 0 Å². The van der Waals surface area contributed by atoms with Gasteiger partial charge in [0, 0.05) is 5.56 Å². The molecule has 0 atom stereocenters. The summed E-state index contributed by atoms with van der Waals surface area (Å²) in [4.78, 5) is 4.25. The topological polar surface area (TPSA) is 36.7 Å². The number of fused-ring (bicyclic) bond motifs is 1. The van der Waals surface area contributed by atoms with Crippen LogP contribution in [0.2, 0.25) is 5.15 Å². The summed E-state index contributed by atoms with van der Waals surface area (Å²) in [6, 6.07) is 8.62. The van der Waals surface area contributed by atoms with E-state index in [4.69, 9.17) is 16.9 Å². The summed E-state index contributed by atoms with van der Waals surface area (Å²) in [5, 5.41) is 9.32. The molecule has 0 unspecified atom stereocenters. The second kappa shape index (κ2) is 4.64. The van der Waals surface area contributed by atoms with Gasteiger partial charge in [0.1, 0.15) is 17.0 Å². The number of benzene rings is 1. The molecule has 1 heterocycles. The van der Waals surface area contributed by atoms with Crippen LogP contribution in [0.15, 0.2) is 24.3 Å². The van der Waals surface area contributed by atoms with Crippen LogP contribution in [-0.4, -0.2) is 4.98 Å². The molecule has 3 rings (SSSR count). The van der Waals surface area contributed by atoms with E-state index in [0.717, 1.165) is 30.4 Å². The first-order chi connectivity index (χ1) is 9.22. The van der Waals surface area contributed by atoms with Crippen molar-refractivity contribution in [2.75, 3.05) is 0 Å². The fraction of sp³-hybridized carbons (Fsp3) is 0.200. The molecule has 0 saturated carbocycles. The summed E-state index contributed by atoms with van der Waals surface area (Å²) >= 11 is 6.06. The van der Waals surface area contributed by atoms with Crippen molar-refractivity contribution in [3.8, 4) is 17.3 Å². The van der Waals surface area contributed by atoms with Crippen molar-refractivity contribution in [3.63, 3.8) is 0 Å². The monoisotopic (exact) mass is 272 g/mol. The van der Waals surface area contributed by atoms with Gasteiger partial charge in [-0.25, -0.2) is 9.37 Å². The van der Waals surface area contributed by atoms with Crippen LogP contribution in [0.25, 0.3) is 11.3 Å². The Morgan fingerprint density at radius 1 is 1.21 bits per heavy atom. The molecule has 1 aromatic heterocycles. The van der Waals surface area contributed by atoms with Crippen LogP contribution >= 0.6 is 11.6 Å². The van der Waals surface area contributed by atoms with Gasteiger partial charge < -0.3 is 0 Å². The zero-order valence-electron chi connectivity index (χ0n) is 10.1. The molecular formula is C15H10ClFN2. The molecule has 0 fully saturated rings. The third kappa shape index (κ3) is 1.89. The second-order valence-corrected chi connectivity index (χ2v) is 4.89. The van der Waals surface area contributed by atoms with Crippen molar-refractivity contribution < 1.29 is 4.39 Å². The Hall–Kier alpha value is -1.92. The zero-order valence-corrected chi connectivity index (χ0v) is 10.8. The van der Waals surface area contributed by atoms with Crippen molar-refractivity contribution in [3.05, 3.63) is 51.9 Å². The minimum absolute atomic E-state index is 0.168. The van der Waals surface area contributed by atoms with Crippen molar-refractivity contribution in [1.82, 2.24) is 4.98 Å². The van der Waals surface area contributed by atoms with Gasteiger partial charge in [0.25, 0.3) is 0 Å². The lowest BCUT2D eigenvalue weighted by Gasteiger charge is -2.11. The van der Waals surface area contributed by atoms with Gasteiger partial charge in [0.15, 0.2) is 0 Å². The standard InChI is InChI=1S/C15H10ClFN2/c16-15-12(8-18)9-5-3-6-10(9)14(19-15)11-4-1-2-7-13(11)17/h1-2,4,7H,3,5-6H2. The molecule has 0 N–H and O–H groups in total. The first kappa shape index (κ1) is 12.1. The van der Waals surface area contributed by atoms with Crippen molar-refractivity contribution in [1.29, 1.82) is 5.26 Å². The predicted octanol–water partition coefficient (Wildman–Crippen LogP) is 3.90. The minimum atomic E-state index is -0.315. The first-order valence-electron chi connectivity index (χ1n) is 6.08. The number of aromatic nitrogens is 1. The highest BCUT2D eigenvalue weighted by Gasteiger charge is 2.24. The van der Waals surface area contributed by atoms with E-state index in [9.17, 15) is 4.39 Å².